The van der Waals surface area contributed by atoms with Crippen molar-refractivity contribution in [3.63, 3.8) is 0 Å². The number of halogens is 4. The van der Waals surface area contributed by atoms with Crippen molar-refractivity contribution in [1.82, 2.24) is 0 Å². The van der Waals surface area contributed by atoms with Gasteiger partial charge in [0, 0.05) is 44.6 Å². The van der Waals surface area contributed by atoms with Crippen molar-refractivity contribution in [1.29, 1.82) is 0 Å². The van der Waals surface area contributed by atoms with Gasteiger partial charge in [0.15, 0.2) is 0 Å². The molecule has 36 heavy (non-hydrogen) atoms. The fourth-order valence-electron chi connectivity index (χ4n) is 2.82. The molecule has 2 aromatic rings. The Bertz CT molecular complexity index is 1100. The van der Waals surface area contributed by atoms with E-state index in [1.807, 2.05) is 31.2 Å². The molecule has 2 rings (SSSR count). The van der Waals surface area contributed by atoms with Gasteiger partial charge in [-0.15, -0.1) is 13.2 Å². The summed E-state index contributed by atoms with van der Waals surface area (Å²) in [5, 5.41) is 11.6. The van der Waals surface area contributed by atoms with Gasteiger partial charge in [0.05, 0.1) is 5.02 Å². The Morgan fingerprint density at radius 1 is 1.19 bits per heavy atom. The number of aryl methyl sites for hydroxylation is 1. The van der Waals surface area contributed by atoms with Crippen LogP contribution >= 0.6 is 31.4 Å². The molecule has 0 aliphatic carbocycles. The van der Waals surface area contributed by atoms with Crippen molar-refractivity contribution in [2.24, 2.45) is 5.41 Å². The number of nitrogens with zero attached hydrogens (tertiary/aromatic N) is 1. The molecule has 2 aromatic carbocycles. The van der Waals surface area contributed by atoms with Gasteiger partial charge in [0.2, 0.25) is 0 Å². The summed E-state index contributed by atoms with van der Waals surface area (Å²) in [5.41, 5.74) is 6.60. The molecular weight excluding hydrogens is 728 g/mol. The predicted molar refractivity (Wildman–Crippen MR) is 143 cm³/mol. The van der Waals surface area contributed by atoms with E-state index in [1.54, 1.807) is 20.8 Å². The van der Waals surface area contributed by atoms with Gasteiger partial charge < -0.3 is 15.6 Å². The molecule has 0 saturated carbocycles. The molecule has 13 heteroatoms. The predicted octanol–water partition coefficient (Wildman–Crippen LogP) is 5.75. The van der Waals surface area contributed by atoms with E-state index in [0.29, 0.717) is 0 Å². The van der Waals surface area contributed by atoms with Crippen LogP contribution in [-0.2, 0) is 9.59 Å². The van der Waals surface area contributed by atoms with Gasteiger partial charge in [-0.3, -0.25) is 9.69 Å². The maximum atomic E-state index is 12.5. The first-order valence-corrected chi connectivity index (χ1v) is 12.5. The molecule has 0 heterocycles. The Labute approximate surface area is 239 Å². The Morgan fingerprint density at radius 3 is 2.17 bits per heavy atom. The smallest absolute Gasteiger partial charge is 0.480 e. The Kier molecular flexibility index (Phi) is 14.2. The van der Waals surface area contributed by atoms with Crippen LogP contribution < -0.4 is 15.4 Å². The van der Waals surface area contributed by atoms with Crippen molar-refractivity contribution in [3.8, 4) is 16.9 Å². The maximum Gasteiger partial charge on any atom is 0.573 e. The number of anilines is 2. The number of nitrogens with two attached hydrogens (primary N) is 1. The van der Waals surface area contributed by atoms with Gasteiger partial charge in [-0.2, -0.15) is 0 Å². The van der Waals surface area contributed by atoms with Crippen LogP contribution in [0.25, 0.3) is 0 Å². The molecule has 193 valence electrons. The number of carbonyl (C=O) groups excluding carboxylic acids is 1. The second-order valence-electron chi connectivity index (χ2n) is 8.15. The average Bonchev–Trinajstić information content (AvgIpc) is 2.72. The number of rotatable bonds is 4. The molecule has 0 bridgehead atoms. The third-order valence-electron chi connectivity index (χ3n) is 4.36. The van der Waals surface area contributed by atoms with Crippen LogP contribution in [0.1, 0.15) is 26.3 Å². The average molecular weight is 753 g/mol. The van der Waals surface area contributed by atoms with E-state index in [4.69, 9.17) is 17.3 Å². The van der Waals surface area contributed by atoms with Crippen LogP contribution in [0.3, 0.4) is 0 Å². The normalized spacial score (nSPS) is 11.5. The van der Waals surface area contributed by atoms with Crippen LogP contribution in [-0.4, -0.2) is 56.7 Å². The molecule has 0 aromatic heterocycles. The number of carboxylic acids is 1. The number of ether oxygens (including phenoxy) is 1. The summed E-state index contributed by atoms with van der Waals surface area (Å²) in [6.45, 7) is 6.81. The molecule has 2 unspecified atom stereocenters. The number of aliphatic carboxylic acids is 1. The minimum Gasteiger partial charge on any atom is -0.480 e. The summed E-state index contributed by atoms with van der Waals surface area (Å²) in [4.78, 5) is 25.2. The van der Waals surface area contributed by atoms with Crippen LogP contribution in [0.15, 0.2) is 42.5 Å². The van der Waals surface area contributed by atoms with E-state index in [0.717, 1.165) is 45.7 Å². The van der Waals surface area contributed by atoms with Crippen LogP contribution in [0.2, 0.25) is 5.02 Å². The first-order chi connectivity index (χ1) is 16.1. The summed E-state index contributed by atoms with van der Waals surface area (Å²) in [7, 11) is 2.22. The Morgan fingerprint density at radius 2 is 1.78 bits per heavy atom. The number of nitrogen functional groups attached to an aromatic ring is 1. The zero-order valence-electron chi connectivity index (χ0n) is 19.9. The monoisotopic (exact) mass is 753 g/mol. The summed E-state index contributed by atoms with van der Waals surface area (Å²) in [6, 6.07) is 9.50. The molecule has 0 fully saturated rings. The van der Waals surface area contributed by atoms with Gasteiger partial charge in [0.1, 0.15) is 11.8 Å². The van der Waals surface area contributed by atoms with Gasteiger partial charge in [-0.05, 0) is 47.4 Å². The van der Waals surface area contributed by atoms with Crippen LogP contribution in [0.5, 0.6) is 5.75 Å². The van der Waals surface area contributed by atoms with Gasteiger partial charge in [-0.25, -0.2) is 4.79 Å². The van der Waals surface area contributed by atoms with Crippen molar-refractivity contribution in [2.45, 2.75) is 40.1 Å². The van der Waals surface area contributed by atoms with E-state index in [2.05, 4.69) is 24.4 Å². The van der Waals surface area contributed by atoms with Gasteiger partial charge in [-0.1, -0.05) is 70.4 Å². The second kappa shape index (κ2) is 14.9. The van der Waals surface area contributed by atoms with Crippen LogP contribution in [0, 0.1) is 23.5 Å². The minimum atomic E-state index is -4.95. The SMILES string of the molecule is CC(C)(C)C(C(=O)O)N(C(=O)C#CSP)c1ccc(OC(F)(F)F)c(Cl)c1.Cc1ccccc1N.[Tl]. The van der Waals surface area contributed by atoms with Gasteiger partial charge >= 0.3 is 18.2 Å². The second-order valence-corrected chi connectivity index (χ2v) is 9.70. The third-order valence-corrected chi connectivity index (χ3v) is 5.22. The number of carbonyl (C=O) groups is 2. The van der Waals surface area contributed by atoms with E-state index < -0.39 is 40.5 Å². The van der Waals surface area contributed by atoms with Crippen LogP contribution in [0.4, 0.5) is 24.5 Å². The number of alkyl halides is 3. The number of carboxylic acid groups (broad SMARTS) is 1. The van der Waals surface area contributed by atoms with E-state index in [-0.39, 0.29) is 33.0 Å². The number of para-hydroxylation sites is 1. The number of benzene rings is 2. The number of amides is 1. The molecule has 1 radical (unpaired) electrons. The van der Waals surface area contributed by atoms with Crippen molar-refractivity contribution in [2.75, 3.05) is 10.6 Å². The third kappa shape index (κ3) is 11.2. The fourth-order valence-corrected chi connectivity index (χ4v) is 3.36. The van der Waals surface area contributed by atoms with Crippen molar-refractivity contribution < 1.29 is 32.6 Å². The topological polar surface area (TPSA) is 92.9 Å². The standard InChI is InChI=1S/C16H16ClF3NO4PS.C7H9N.Tl/c1-15(2,3)13(14(23)24)21(12(22)6-7-27-26)9-4-5-11(10(17)8-9)25-16(18,19)20;1-6-4-2-3-5-7(6)8;/h4-5,8,13H,26H2,1-3H3,(H,23,24);2-5H,8H2,1H3;. The fraction of sp³-hybridized carbons (Fsp3) is 0.304. The summed E-state index contributed by atoms with van der Waals surface area (Å²) >= 11 is 6.80. The maximum absolute atomic E-state index is 12.5. The Hall–Kier alpha value is -1.68. The molecule has 0 spiro atoms. The van der Waals surface area contributed by atoms with E-state index >= 15 is 0 Å². The number of hydrogen-bond donors (Lipinski definition) is 2. The van der Waals surface area contributed by atoms with Crippen molar-refractivity contribution in [3.05, 3.63) is 53.1 Å². The van der Waals surface area contributed by atoms with Crippen molar-refractivity contribution >= 4 is 82.0 Å². The molecule has 0 aliphatic rings. The first kappa shape index (κ1) is 34.3. The molecular formula is C23H25ClF3N2O4PSTl. The zero-order valence-corrected chi connectivity index (χ0v) is 27.1. The molecule has 6 nitrogen and oxygen atoms in total. The molecule has 1 amide bonds. The summed E-state index contributed by atoms with van der Waals surface area (Å²) in [6.07, 6.45) is -4.95. The first-order valence-electron chi connectivity index (χ1n) is 9.87. The quantitative estimate of drug-likeness (QED) is 0.179. The van der Waals surface area contributed by atoms with Gasteiger partial charge in [0.25, 0.3) is 0 Å². The molecule has 3 N–H and O–H groups in total. The number of hydrogen-bond acceptors (Lipinski definition) is 5. The molecule has 0 saturated heterocycles. The summed E-state index contributed by atoms with van der Waals surface area (Å²) < 4.78 is 41.0. The zero-order chi connectivity index (χ0) is 27.0. The van der Waals surface area contributed by atoms with E-state index in [1.165, 1.54) is 0 Å². The molecule has 2 atom stereocenters. The van der Waals surface area contributed by atoms with E-state index in [9.17, 15) is 27.9 Å². The Balaban J connectivity index is 0.00000115. The molecule has 0 aliphatic heterocycles. The minimum absolute atomic E-state index is 0. The summed E-state index contributed by atoms with van der Waals surface area (Å²) in [5.74, 6) is -0.542. The largest absolute Gasteiger partial charge is 0.573 e.